The second kappa shape index (κ2) is 7.71. The molecule has 0 bridgehead atoms. The maximum absolute atomic E-state index is 12.7. The molecule has 0 aliphatic carbocycles. The van der Waals surface area contributed by atoms with E-state index in [1.165, 1.54) is 5.56 Å². The maximum atomic E-state index is 12.7. The summed E-state index contributed by atoms with van der Waals surface area (Å²) >= 11 is 0. The van der Waals surface area contributed by atoms with Crippen molar-refractivity contribution < 1.29 is 4.79 Å². The molecule has 1 fully saturated rings. The molecule has 1 amide bonds. The van der Waals surface area contributed by atoms with E-state index in [0.29, 0.717) is 11.9 Å². The predicted molar refractivity (Wildman–Crippen MR) is 112 cm³/mol. The molecule has 1 aromatic heterocycles. The smallest absolute Gasteiger partial charge is 0.229 e. The largest absolute Gasteiger partial charge is 0.316 e. The van der Waals surface area contributed by atoms with E-state index < -0.39 is 0 Å². The minimum Gasteiger partial charge on any atom is -0.316 e. The van der Waals surface area contributed by atoms with Crippen LogP contribution in [0.3, 0.4) is 0 Å². The highest BCUT2D eigenvalue weighted by atomic mass is 35.5. The quantitative estimate of drug-likeness (QED) is 0.718. The van der Waals surface area contributed by atoms with Crippen LogP contribution in [-0.2, 0) is 4.79 Å². The number of anilines is 1. The van der Waals surface area contributed by atoms with Crippen LogP contribution in [0, 0.1) is 25.7 Å². The Labute approximate surface area is 165 Å². The summed E-state index contributed by atoms with van der Waals surface area (Å²) in [6.45, 7) is 7.92. The Morgan fingerprint density at radius 3 is 2.44 bits per heavy atom. The van der Waals surface area contributed by atoms with Gasteiger partial charge >= 0.3 is 0 Å². The van der Waals surface area contributed by atoms with E-state index in [-0.39, 0.29) is 24.2 Å². The van der Waals surface area contributed by atoms with Gasteiger partial charge in [0.15, 0.2) is 0 Å². The van der Waals surface area contributed by atoms with Gasteiger partial charge in [-0.2, -0.15) is 0 Å². The lowest BCUT2D eigenvalue weighted by Gasteiger charge is -2.31. The highest BCUT2D eigenvalue weighted by Gasteiger charge is 2.29. The number of aryl methyl sites for hydroxylation is 2. The van der Waals surface area contributed by atoms with Gasteiger partial charge in [0.1, 0.15) is 0 Å². The van der Waals surface area contributed by atoms with Crippen molar-refractivity contribution in [1.82, 2.24) is 14.9 Å². The number of halogens is 1. The van der Waals surface area contributed by atoms with Crippen LogP contribution < -0.4 is 10.6 Å². The van der Waals surface area contributed by atoms with Crippen molar-refractivity contribution in [3.63, 3.8) is 0 Å². The van der Waals surface area contributed by atoms with Crippen LogP contribution in [-0.4, -0.2) is 28.5 Å². The van der Waals surface area contributed by atoms with Gasteiger partial charge in [0.2, 0.25) is 11.9 Å². The van der Waals surface area contributed by atoms with E-state index in [1.807, 2.05) is 18.4 Å². The fourth-order valence-electron chi connectivity index (χ4n) is 3.33. The molecule has 1 atom stereocenters. The van der Waals surface area contributed by atoms with Crippen LogP contribution >= 0.6 is 12.4 Å². The highest BCUT2D eigenvalue weighted by molar-refractivity contribution is 5.94. The molecule has 2 heterocycles. The Bertz CT molecular complexity index is 960. The van der Waals surface area contributed by atoms with Gasteiger partial charge in [-0.05, 0) is 62.7 Å². The lowest BCUT2D eigenvalue weighted by atomic mass is 9.88. The number of benzene rings is 2. The molecule has 0 radical (unpaired) electrons. The van der Waals surface area contributed by atoms with Crippen molar-refractivity contribution >= 4 is 35.3 Å². The van der Waals surface area contributed by atoms with E-state index in [1.54, 1.807) is 0 Å². The number of amides is 1. The number of nitrogens with zero attached hydrogens (tertiary/aromatic N) is 2. The van der Waals surface area contributed by atoms with E-state index >= 15 is 0 Å². The van der Waals surface area contributed by atoms with Crippen LogP contribution in [0.4, 0.5) is 5.95 Å². The molecule has 1 aliphatic rings. The molecule has 142 valence electrons. The fourth-order valence-corrected chi connectivity index (χ4v) is 3.33. The summed E-state index contributed by atoms with van der Waals surface area (Å²) in [6, 6.07) is 14.5. The number of carbonyl (C=O) groups excluding carboxylic acids is 1. The summed E-state index contributed by atoms with van der Waals surface area (Å²) < 4.78 is 2.03. The van der Waals surface area contributed by atoms with E-state index in [4.69, 9.17) is 4.98 Å². The Hall–Kier alpha value is -2.37. The van der Waals surface area contributed by atoms with Crippen molar-refractivity contribution in [2.45, 2.75) is 20.8 Å². The van der Waals surface area contributed by atoms with Gasteiger partial charge in [0.25, 0.3) is 0 Å². The molecule has 1 aliphatic heterocycles. The van der Waals surface area contributed by atoms with Crippen molar-refractivity contribution in [3.8, 4) is 5.69 Å². The van der Waals surface area contributed by atoms with E-state index in [9.17, 15) is 4.79 Å². The summed E-state index contributed by atoms with van der Waals surface area (Å²) in [5.41, 5.74) is 5.23. The number of aromatic nitrogens is 2. The maximum Gasteiger partial charge on any atom is 0.229 e. The molecule has 2 N–H and O–H groups in total. The second-order valence-electron chi connectivity index (χ2n) is 7.29. The fraction of sp³-hybridized carbons (Fsp3) is 0.333. The number of hydrogen-bond acceptors (Lipinski definition) is 3. The first kappa shape index (κ1) is 19.4. The topological polar surface area (TPSA) is 59.0 Å². The number of imidazole rings is 1. The zero-order valence-corrected chi connectivity index (χ0v) is 16.6. The average Bonchev–Trinajstić information content (AvgIpc) is 2.90. The first-order valence-corrected chi connectivity index (χ1v) is 9.10. The van der Waals surface area contributed by atoms with Crippen LogP contribution in [0.25, 0.3) is 16.7 Å². The average molecular weight is 385 g/mol. The van der Waals surface area contributed by atoms with Gasteiger partial charge in [0.05, 0.1) is 11.0 Å². The number of carbonyl (C=O) groups is 1. The molecule has 0 saturated carbocycles. The van der Waals surface area contributed by atoms with Gasteiger partial charge < -0.3 is 5.32 Å². The monoisotopic (exact) mass is 384 g/mol. The van der Waals surface area contributed by atoms with Crippen LogP contribution in [0.1, 0.15) is 18.1 Å². The van der Waals surface area contributed by atoms with Gasteiger partial charge in [-0.1, -0.05) is 30.7 Å². The minimum atomic E-state index is -0.0377. The van der Waals surface area contributed by atoms with Gasteiger partial charge in [-0.15, -0.1) is 12.4 Å². The lowest BCUT2D eigenvalue weighted by molar-refractivity contribution is -0.121. The van der Waals surface area contributed by atoms with Crippen molar-refractivity contribution in [1.29, 1.82) is 0 Å². The molecule has 3 aromatic rings. The van der Waals surface area contributed by atoms with E-state index in [2.05, 4.69) is 60.0 Å². The SMILES string of the molecule is Cc1ccc(-n2c(NC(=O)C(C)C3CNC3)nc3cc(C)ccc32)cc1.Cl. The number of hydrogen-bond donors (Lipinski definition) is 2. The number of nitrogens with one attached hydrogen (secondary N) is 2. The molecule has 5 nitrogen and oxygen atoms in total. The molecule has 4 rings (SSSR count). The normalized spacial score (nSPS) is 15.1. The Morgan fingerprint density at radius 1 is 1.15 bits per heavy atom. The molecule has 2 aromatic carbocycles. The third-order valence-corrected chi connectivity index (χ3v) is 5.27. The minimum absolute atomic E-state index is 0. The predicted octanol–water partition coefficient (Wildman–Crippen LogP) is 3.86. The first-order chi connectivity index (χ1) is 12.5. The van der Waals surface area contributed by atoms with Crippen molar-refractivity contribution in [2.75, 3.05) is 18.4 Å². The van der Waals surface area contributed by atoms with Crippen molar-refractivity contribution in [2.24, 2.45) is 11.8 Å². The Kier molecular flexibility index (Phi) is 5.53. The zero-order valence-electron chi connectivity index (χ0n) is 15.8. The number of rotatable bonds is 4. The molecule has 6 heteroatoms. The van der Waals surface area contributed by atoms with Gasteiger partial charge in [-0.25, -0.2) is 4.98 Å². The Balaban J connectivity index is 0.00000210. The second-order valence-corrected chi connectivity index (χ2v) is 7.29. The van der Waals surface area contributed by atoms with Crippen molar-refractivity contribution in [3.05, 3.63) is 53.6 Å². The van der Waals surface area contributed by atoms with E-state index in [0.717, 1.165) is 35.4 Å². The summed E-state index contributed by atoms with van der Waals surface area (Å²) in [4.78, 5) is 17.4. The molecule has 1 unspecified atom stereocenters. The molecule has 0 spiro atoms. The molecule has 27 heavy (non-hydrogen) atoms. The lowest BCUT2D eigenvalue weighted by Crippen LogP contribution is -2.48. The third-order valence-electron chi connectivity index (χ3n) is 5.27. The van der Waals surface area contributed by atoms with Crippen LogP contribution in [0.2, 0.25) is 0 Å². The molecule has 1 saturated heterocycles. The number of fused-ring (bicyclic) bond motifs is 1. The summed E-state index contributed by atoms with van der Waals surface area (Å²) in [7, 11) is 0. The van der Waals surface area contributed by atoms with Crippen LogP contribution in [0.5, 0.6) is 0 Å². The Morgan fingerprint density at radius 2 is 1.81 bits per heavy atom. The standard InChI is InChI=1S/C21H24N4O.ClH/c1-13-4-7-17(8-5-13)25-19-9-6-14(2)10-18(19)23-21(25)24-20(26)15(3)16-11-22-12-16;/h4-10,15-16,22H,11-12H2,1-3H3,(H,23,24,26);1H. The summed E-state index contributed by atoms with van der Waals surface area (Å²) in [6.07, 6.45) is 0. The third kappa shape index (κ3) is 3.70. The zero-order chi connectivity index (χ0) is 18.3. The highest BCUT2D eigenvalue weighted by Crippen LogP contribution is 2.27. The molecular formula is C21H25ClN4O. The summed E-state index contributed by atoms with van der Waals surface area (Å²) in [5.74, 6) is 0.967. The summed E-state index contributed by atoms with van der Waals surface area (Å²) in [5, 5.41) is 6.30. The molecular weight excluding hydrogens is 360 g/mol. The first-order valence-electron chi connectivity index (χ1n) is 9.10. The van der Waals surface area contributed by atoms with Gasteiger partial charge in [-0.3, -0.25) is 14.7 Å². The van der Waals surface area contributed by atoms with Gasteiger partial charge in [0, 0.05) is 11.6 Å². The van der Waals surface area contributed by atoms with Crippen LogP contribution in [0.15, 0.2) is 42.5 Å².